The van der Waals surface area contributed by atoms with Crippen LogP contribution in [0.1, 0.15) is 25.3 Å². The molecule has 1 aliphatic carbocycles. The van der Waals surface area contributed by atoms with E-state index in [-0.39, 0.29) is 17.4 Å². The smallest absolute Gasteiger partial charge is 0.281 e. The molecule has 0 spiro atoms. The topological polar surface area (TPSA) is 97.7 Å². The van der Waals surface area contributed by atoms with Crippen LogP contribution in [0.3, 0.4) is 0 Å². The van der Waals surface area contributed by atoms with E-state index >= 15 is 0 Å². The second-order valence-corrected chi connectivity index (χ2v) is 7.38. The Kier molecular flexibility index (Phi) is 5.62. The summed E-state index contributed by atoms with van der Waals surface area (Å²) in [7, 11) is 3.19. The minimum Gasteiger partial charge on any atom is -0.497 e. The average molecular weight is 420 g/mol. The first kappa shape index (κ1) is 20.5. The van der Waals surface area contributed by atoms with Gasteiger partial charge in [0.15, 0.2) is 0 Å². The molecule has 8 nitrogen and oxygen atoms in total. The number of nitrogens with one attached hydrogen (secondary N) is 2. The van der Waals surface area contributed by atoms with E-state index in [1.54, 1.807) is 45.4 Å². The molecule has 1 saturated carbocycles. The lowest BCUT2D eigenvalue weighted by Crippen LogP contribution is -2.24. The lowest BCUT2D eigenvalue weighted by Gasteiger charge is -2.05. The fourth-order valence-corrected chi connectivity index (χ4v) is 3.28. The fourth-order valence-electron chi connectivity index (χ4n) is 3.28. The van der Waals surface area contributed by atoms with Crippen LogP contribution in [0.2, 0.25) is 0 Å². The van der Waals surface area contributed by atoms with Gasteiger partial charge in [-0.3, -0.25) is 14.7 Å². The van der Waals surface area contributed by atoms with Crippen LogP contribution in [-0.2, 0) is 4.79 Å². The van der Waals surface area contributed by atoms with Crippen LogP contribution in [0.25, 0.3) is 16.9 Å². The maximum atomic E-state index is 13.4. The highest BCUT2D eigenvalue weighted by Crippen LogP contribution is 2.29. The summed E-state index contributed by atoms with van der Waals surface area (Å²) in [6, 6.07) is 14.5. The summed E-state index contributed by atoms with van der Waals surface area (Å²) in [6.45, 7) is 1.71. The van der Waals surface area contributed by atoms with Crippen molar-refractivity contribution in [1.29, 1.82) is 0 Å². The van der Waals surface area contributed by atoms with Crippen molar-refractivity contribution in [2.75, 3.05) is 14.2 Å². The number of ether oxygens (including phenoxy) is 2. The quantitative estimate of drug-likeness (QED) is 0.453. The van der Waals surface area contributed by atoms with Crippen LogP contribution >= 0.6 is 0 Å². The number of rotatable bonds is 7. The lowest BCUT2D eigenvalue weighted by atomic mass is 10.1. The zero-order chi connectivity index (χ0) is 22.0. The van der Waals surface area contributed by atoms with E-state index in [0.717, 1.165) is 18.4 Å². The van der Waals surface area contributed by atoms with E-state index in [2.05, 4.69) is 15.6 Å². The number of hydrazone groups is 1. The first-order chi connectivity index (χ1) is 15.0. The molecule has 1 aromatic heterocycles. The minimum atomic E-state index is -0.266. The Labute approximate surface area is 179 Å². The molecule has 1 heterocycles. The second kappa shape index (κ2) is 8.51. The van der Waals surface area contributed by atoms with Crippen molar-refractivity contribution in [3.05, 3.63) is 64.4 Å². The Morgan fingerprint density at radius 2 is 1.61 bits per heavy atom. The number of nitrogens with zero attached hydrogens (tertiary/aromatic N) is 2. The van der Waals surface area contributed by atoms with Crippen LogP contribution in [0.5, 0.6) is 11.5 Å². The molecular formula is C23H24N4O4. The molecule has 2 aromatic carbocycles. The van der Waals surface area contributed by atoms with Gasteiger partial charge in [-0.05, 0) is 68.3 Å². The van der Waals surface area contributed by atoms with E-state index in [4.69, 9.17) is 9.47 Å². The van der Waals surface area contributed by atoms with Gasteiger partial charge in [-0.25, -0.2) is 10.1 Å². The summed E-state index contributed by atoms with van der Waals surface area (Å²) < 4.78 is 11.9. The number of benzene rings is 2. The molecule has 2 N–H and O–H groups in total. The number of carbonyl (C=O) groups excluding carboxylic acids is 1. The largest absolute Gasteiger partial charge is 0.497 e. The fraction of sp³-hybridized carbons (Fsp3) is 0.261. The van der Waals surface area contributed by atoms with Crippen LogP contribution in [0.4, 0.5) is 0 Å². The Balaban J connectivity index is 1.79. The van der Waals surface area contributed by atoms with Crippen molar-refractivity contribution in [1.82, 2.24) is 15.2 Å². The molecule has 0 atom stereocenters. The standard InChI is InChI=1S/C23H24N4O4/c1-14(24-25-22(28)16-4-5-16)20-21(15-6-10-18(30-2)11-7-15)26-27(23(20)29)17-8-12-19(31-3)13-9-17/h6-13,16,26H,4-5H2,1-3H3,(H,25,28)/b24-14+. The number of hydrogen-bond donors (Lipinski definition) is 2. The lowest BCUT2D eigenvalue weighted by molar-refractivity contribution is -0.122. The average Bonchev–Trinajstić information content (AvgIpc) is 3.60. The van der Waals surface area contributed by atoms with Gasteiger partial charge in [0, 0.05) is 11.5 Å². The van der Waals surface area contributed by atoms with Crippen molar-refractivity contribution in [3.63, 3.8) is 0 Å². The third-order valence-electron chi connectivity index (χ3n) is 5.24. The molecule has 160 valence electrons. The number of carbonyl (C=O) groups is 1. The normalized spacial score (nSPS) is 13.7. The Morgan fingerprint density at radius 3 is 2.16 bits per heavy atom. The van der Waals surface area contributed by atoms with Crippen molar-refractivity contribution in [2.24, 2.45) is 11.0 Å². The molecule has 0 bridgehead atoms. The number of methoxy groups -OCH3 is 2. The van der Waals surface area contributed by atoms with Crippen LogP contribution in [-0.4, -0.2) is 35.6 Å². The molecule has 4 rings (SSSR count). The summed E-state index contributed by atoms with van der Waals surface area (Å²) >= 11 is 0. The van der Waals surface area contributed by atoms with Gasteiger partial charge in [0.2, 0.25) is 5.91 Å². The van der Waals surface area contributed by atoms with Crippen LogP contribution in [0, 0.1) is 5.92 Å². The summed E-state index contributed by atoms with van der Waals surface area (Å²) in [4.78, 5) is 25.4. The van der Waals surface area contributed by atoms with Crippen LogP contribution < -0.4 is 20.5 Å². The maximum absolute atomic E-state index is 13.4. The summed E-state index contributed by atoms with van der Waals surface area (Å²) in [5.41, 5.74) is 5.18. The number of hydrogen-bond acceptors (Lipinski definition) is 5. The first-order valence-corrected chi connectivity index (χ1v) is 10.00. The zero-order valence-electron chi connectivity index (χ0n) is 17.6. The van der Waals surface area contributed by atoms with Crippen molar-refractivity contribution in [3.8, 4) is 28.4 Å². The van der Waals surface area contributed by atoms with Gasteiger partial charge >= 0.3 is 0 Å². The molecule has 1 aliphatic rings. The molecule has 31 heavy (non-hydrogen) atoms. The van der Waals surface area contributed by atoms with Gasteiger partial charge in [0.05, 0.1) is 36.9 Å². The highest BCUT2D eigenvalue weighted by atomic mass is 16.5. The van der Waals surface area contributed by atoms with E-state index in [1.165, 1.54) is 4.68 Å². The Bertz CT molecular complexity index is 1170. The highest BCUT2D eigenvalue weighted by molar-refractivity contribution is 6.04. The molecule has 3 aromatic rings. The molecular weight excluding hydrogens is 396 g/mol. The predicted octanol–water partition coefficient (Wildman–Crippen LogP) is 3.10. The van der Waals surface area contributed by atoms with Gasteiger partial charge < -0.3 is 9.47 Å². The molecule has 1 fully saturated rings. The Morgan fingerprint density at radius 1 is 1.03 bits per heavy atom. The molecule has 8 heteroatoms. The van der Waals surface area contributed by atoms with Crippen molar-refractivity contribution < 1.29 is 14.3 Å². The molecule has 1 amide bonds. The number of aromatic nitrogens is 2. The first-order valence-electron chi connectivity index (χ1n) is 10.00. The SMILES string of the molecule is COc1ccc(-c2[nH]n(-c3ccc(OC)cc3)c(=O)c2/C(C)=N/NC(=O)C2CC2)cc1. The van der Waals surface area contributed by atoms with Gasteiger partial charge in [-0.1, -0.05) is 0 Å². The summed E-state index contributed by atoms with van der Waals surface area (Å²) in [5, 5.41) is 7.40. The van der Waals surface area contributed by atoms with E-state index in [0.29, 0.717) is 34.2 Å². The second-order valence-electron chi connectivity index (χ2n) is 7.38. The van der Waals surface area contributed by atoms with Crippen molar-refractivity contribution in [2.45, 2.75) is 19.8 Å². The van der Waals surface area contributed by atoms with Gasteiger partial charge in [0.25, 0.3) is 5.56 Å². The third kappa shape index (κ3) is 4.23. The number of H-pyrrole nitrogens is 1. The number of aromatic amines is 1. The number of amides is 1. The predicted molar refractivity (Wildman–Crippen MR) is 118 cm³/mol. The Hall–Kier alpha value is -3.81. The van der Waals surface area contributed by atoms with Gasteiger partial charge in [-0.15, -0.1) is 0 Å². The molecule has 0 saturated heterocycles. The van der Waals surface area contributed by atoms with Gasteiger partial charge in [0.1, 0.15) is 11.5 Å². The van der Waals surface area contributed by atoms with E-state index in [9.17, 15) is 9.59 Å². The van der Waals surface area contributed by atoms with Gasteiger partial charge in [-0.2, -0.15) is 5.10 Å². The summed E-state index contributed by atoms with van der Waals surface area (Å²) in [6.07, 6.45) is 1.76. The van der Waals surface area contributed by atoms with Crippen molar-refractivity contribution >= 4 is 11.6 Å². The monoisotopic (exact) mass is 420 g/mol. The zero-order valence-corrected chi connectivity index (χ0v) is 17.6. The van der Waals surface area contributed by atoms with E-state index < -0.39 is 0 Å². The maximum Gasteiger partial charge on any atom is 0.281 e. The molecule has 0 unspecified atom stereocenters. The van der Waals surface area contributed by atoms with E-state index in [1.807, 2.05) is 24.3 Å². The van der Waals surface area contributed by atoms with Crippen LogP contribution in [0.15, 0.2) is 58.4 Å². The highest BCUT2D eigenvalue weighted by Gasteiger charge is 2.29. The molecule has 0 radical (unpaired) electrons. The minimum absolute atomic E-state index is 0.0276. The third-order valence-corrected chi connectivity index (χ3v) is 5.24. The molecule has 0 aliphatic heterocycles. The summed E-state index contributed by atoms with van der Waals surface area (Å²) in [5.74, 6) is 1.32.